The lowest BCUT2D eigenvalue weighted by Gasteiger charge is -2.13. The van der Waals surface area contributed by atoms with Gasteiger partial charge >= 0.3 is 0 Å². The SMILES string of the molecule is CC1OCCC1S(=O)(=O)Cc1nc2ccc(N)cc2[nH]1. The molecule has 3 rings (SSSR count). The summed E-state index contributed by atoms with van der Waals surface area (Å²) in [5, 5.41) is -0.444. The monoisotopic (exact) mass is 295 g/mol. The Morgan fingerprint density at radius 2 is 2.30 bits per heavy atom. The third-order valence-corrected chi connectivity index (χ3v) is 5.88. The zero-order chi connectivity index (χ0) is 14.3. The highest BCUT2D eigenvalue weighted by Gasteiger charge is 2.36. The first-order chi connectivity index (χ1) is 9.45. The Kier molecular flexibility index (Phi) is 3.18. The van der Waals surface area contributed by atoms with Crippen molar-refractivity contribution < 1.29 is 13.2 Å². The fraction of sp³-hybridized carbons (Fsp3) is 0.462. The van der Waals surface area contributed by atoms with Crippen LogP contribution in [0.5, 0.6) is 0 Å². The number of sulfone groups is 1. The molecule has 0 amide bonds. The normalized spacial score (nSPS) is 23.4. The third-order valence-electron chi connectivity index (χ3n) is 3.66. The van der Waals surface area contributed by atoms with Crippen molar-refractivity contribution in [3.63, 3.8) is 0 Å². The molecule has 20 heavy (non-hydrogen) atoms. The van der Waals surface area contributed by atoms with Crippen molar-refractivity contribution in [3.8, 4) is 0 Å². The van der Waals surface area contributed by atoms with Crippen LogP contribution in [0.3, 0.4) is 0 Å². The number of rotatable bonds is 3. The fourth-order valence-electron chi connectivity index (χ4n) is 2.63. The van der Waals surface area contributed by atoms with E-state index in [1.165, 1.54) is 0 Å². The third kappa shape index (κ3) is 2.38. The molecule has 0 aliphatic carbocycles. The zero-order valence-corrected chi connectivity index (χ0v) is 12.0. The summed E-state index contributed by atoms with van der Waals surface area (Å²) in [6.07, 6.45) is 0.302. The van der Waals surface area contributed by atoms with Gasteiger partial charge in [0.15, 0.2) is 9.84 Å². The quantitative estimate of drug-likeness (QED) is 0.830. The first-order valence-electron chi connectivity index (χ1n) is 6.53. The van der Waals surface area contributed by atoms with Gasteiger partial charge in [-0.15, -0.1) is 0 Å². The topological polar surface area (TPSA) is 98.1 Å². The number of hydrogen-bond acceptors (Lipinski definition) is 5. The predicted molar refractivity (Wildman–Crippen MR) is 76.9 cm³/mol. The highest BCUT2D eigenvalue weighted by molar-refractivity contribution is 7.91. The molecular weight excluding hydrogens is 278 g/mol. The van der Waals surface area contributed by atoms with E-state index in [0.717, 1.165) is 11.0 Å². The first kappa shape index (κ1) is 13.4. The Hall–Kier alpha value is -1.60. The van der Waals surface area contributed by atoms with Gasteiger partial charge in [0.05, 0.1) is 22.4 Å². The molecule has 1 aliphatic rings. The number of hydrogen-bond donors (Lipinski definition) is 2. The van der Waals surface area contributed by atoms with E-state index in [9.17, 15) is 8.42 Å². The van der Waals surface area contributed by atoms with Gasteiger partial charge in [0.25, 0.3) is 0 Å². The molecule has 1 fully saturated rings. The largest absolute Gasteiger partial charge is 0.399 e. The molecular formula is C13H17N3O3S. The molecule has 3 N–H and O–H groups in total. The average Bonchev–Trinajstić information content (AvgIpc) is 2.93. The van der Waals surface area contributed by atoms with Crippen LogP contribution in [0.25, 0.3) is 11.0 Å². The maximum atomic E-state index is 12.4. The Morgan fingerprint density at radius 3 is 3.00 bits per heavy atom. The molecule has 0 spiro atoms. The van der Waals surface area contributed by atoms with Gasteiger partial charge in [0.1, 0.15) is 11.6 Å². The minimum atomic E-state index is -3.27. The molecule has 1 aromatic heterocycles. The number of fused-ring (bicyclic) bond motifs is 1. The Bertz CT molecular complexity index is 738. The van der Waals surface area contributed by atoms with Crippen LogP contribution in [0.15, 0.2) is 18.2 Å². The molecule has 0 saturated carbocycles. The fourth-order valence-corrected chi connectivity index (χ4v) is 4.48. The molecule has 7 heteroatoms. The lowest BCUT2D eigenvalue weighted by atomic mass is 10.3. The van der Waals surface area contributed by atoms with E-state index in [4.69, 9.17) is 10.5 Å². The van der Waals surface area contributed by atoms with Crippen molar-refractivity contribution in [2.45, 2.75) is 30.5 Å². The van der Waals surface area contributed by atoms with Crippen LogP contribution in [-0.2, 0) is 20.3 Å². The summed E-state index contributed by atoms with van der Waals surface area (Å²) in [4.78, 5) is 7.32. The summed E-state index contributed by atoms with van der Waals surface area (Å²) in [6, 6.07) is 5.27. The zero-order valence-electron chi connectivity index (χ0n) is 11.2. The molecule has 1 aliphatic heterocycles. The van der Waals surface area contributed by atoms with Crippen LogP contribution in [-0.4, -0.2) is 36.3 Å². The number of ether oxygens (including phenoxy) is 1. The van der Waals surface area contributed by atoms with Crippen LogP contribution in [0.4, 0.5) is 5.69 Å². The van der Waals surface area contributed by atoms with Crippen molar-refractivity contribution >= 4 is 26.6 Å². The molecule has 0 radical (unpaired) electrons. The van der Waals surface area contributed by atoms with E-state index in [2.05, 4.69) is 9.97 Å². The number of imidazole rings is 1. The Balaban J connectivity index is 1.88. The van der Waals surface area contributed by atoms with Crippen LogP contribution < -0.4 is 5.73 Å². The van der Waals surface area contributed by atoms with Crippen molar-refractivity contribution in [1.29, 1.82) is 0 Å². The van der Waals surface area contributed by atoms with Gasteiger partial charge in [0.2, 0.25) is 0 Å². The standard InChI is InChI=1S/C13H17N3O3S/c1-8-12(4-5-19-8)20(17,18)7-13-15-10-3-2-9(14)6-11(10)16-13/h2-3,6,8,12H,4-5,7,14H2,1H3,(H,15,16). The Morgan fingerprint density at radius 1 is 1.50 bits per heavy atom. The van der Waals surface area contributed by atoms with E-state index in [1.807, 2.05) is 0 Å². The summed E-state index contributed by atoms with van der Waals surface area (Å²) in [5.41, 5.74) is 7.79. The molecule has 2 unspecified atom stereocenters. The molecule has 0 bridgehead atoms. The maximum Gasteiger partial charge on any atom is 0.162 e. The van der Waals surface area contributed by atoms with E-state index < -0.39 is 15.1 Å². The van der Waals surface area contributed by atoms with Crippen LogP contribution in [0, 0.1) is 0 Å². The number of anilines is 1. The number of H-pyrrole nitrogens is 1. The van der Waals surface area contributed by atoms with Crippen LogP contribution >= 0.6 is 0 Å². The molecule has 1 aromatic carbocycles. The number of nitrogens with two attached hydrogens (primary N) is 1. The van der Waals surface area contributed by atoms with Gasteiger partial charge in [-0.1, -0.05) is 0 Å². The highest BCUT2D eigenvalue weighted by atomic mass is 32.2. The second-order valence-electron chi connectivity index (χ2n) is 5.17. The van der Waals surface area contributed by atoms with E-state index in [-0.39, 0.29) is 11.9 Å². The lowest BCUT2D eigenvalue weighted by Crippen LogP contribution is -2.29. The van der Waals surface area contributed by atoms with Crippen molar-refractivity contribution in [3.05, 3.63) is 24.0 Å². The minimum absolute atomic E-state index is 0.0973. The second kappa shape index (κ2) is 4.75. The van der Waals surface area contributed by atoms with Gasteiger partial charge < -0.3 is 15.5 Å². The minimum Gasteiger partial charge on any atom is -0.399 e. The lowest BCUT2D eigenvalue weighted by molar-refractivity contribution is 0.126. The second-order valence-corrected chi connectivity index (χ2v) is 7.39. The van der Waals surface area contributed by atoms with E-state index >= 15 is 0 Å². The predicted octanol–water partition coefficient (Wildman–Crippen LogP) is 1.24. The number of nitrogens with one attached hydrogen (secondary N) is 1. The summed E-state index contributed by atoms with van der Waals surface area (Å²) in [7, 11) is -3.27. The number of aromatic nitrogens is 2. The Labute approximate surface area is 117 Å². The average molecular weight is 295 g/mol. The number of benzene rings is 1. The van der Waals surface area contributed by atoms with Crippen LogP contribution in [0.2, 0.25) is 0 Å². The molecule has 6 nitrogen and oxygen atoms in total. The van der Waals surface area contributed by atoms with Crippen LogP contribution in [0.1, 0.15) is 19.2 Å². The van der Waals surface area contributed by atoms with E-state index in [0.29, 0.717) is 24.5 Å². The van der Waals surface area contributed by atoms with Gasteiger partial charge in [-0.25, -0.2) is 13.4 Å². The van der Waals surface area contributed by atoms with Crippen molar-refractivity contribution in [1.82, 2.24) is 9.97 Å². The number of nitrogens with zero attached hydrogens (tertiary/aromatic N) is 1. The molecule has 2 atom stereocenters. The van der Waals surface area contributed by atoms with Gasteiger partial charge in [-0.2, -0.15) is 0 Å². The van der Waals surface area contributed by atoms with Crippen molar-refractivity contribution in [2.24, 2.45) is 0 Å². The number of nitrogen functional groups attached to an aromatic ring is 1. The number of aromatic amines is 1. The summed E-state index contributed by atoms with van der Waals surface area (Å²) < 4.78 is 30.1. The maximum absolute atomic E-state index is 12.4. The van der Waals surface area contributed by atoms with Gasteiger partial charge in [-0.05, 0) is 31.5 Å². The summed E-state index contributed by atoms with van der Waals surface area (Å²) in [6.45, 7) is 2.30. The summed E-state index contributed by atoms with van der Waals surface area (Å²) in [5.74, 6) is 0.352. The molecule has 2 aromatic rings. The van der Waals surface area contributed by atoms with Crippen molar-refractivity contribution in [2.75, 3.05) is 12.3 Å². The highest BCUT2D eigenvalue weighted by Crippen LogP contribution is 2.24. The van der Waals surface area contributed by atoms with Gasteiger partial charge in [0, 0.05) is 12.3 Å². The molecule has 1 saturated heterocycles. The summed E-state index contributed by atoms with van der Waals surface area (Å²) >= 11 is 0. The van der Waals surface area contributed by atoms with Gasteiger partial charge in [-0.3, -0.25) is 0 Å². The van der Waals surface area contributed by atoms with E-state index in [1.54, 1.807) is 25.1 Å². The molecule has 108 valence electrons. The first-order valence-corrected chi connectivity index (χ1v) is 8.24. The molecule has 2 heterocycles. The smallest absolute Gasteiger partial charge is 0.162 e.